The lowest BCUT2D eigenvalue weighted by Gasteiger charge is -2.02. The number of halogens is 1. The van der Waals surface area contributed by atoms with Gasteiger partial charge in [0, 0.05) is 10.0 Å². The van der Waals surface area contributed by atoms with E-state index in [4.69, 9.17) is 9.26 Å². The Labute approximate surface area is 129 Å². The summed E-state index contributed by atoms with van der Waals surface area (Å²) in [4.78, 5) is 4.31. The first-order valence-electron chi connectivity index (χ1n) is 6.14. The van der Waals surface area contributed by atoms with Crippen LogP contribution in [0.25, 0.3) is 22.8 Å². The molecule has 3 rings (SSSR count). The minimum Gasteiger partial charge on any atom is -0.507 e. The van der Waals surface area contributed by atoms with Crippen molar-refractivity contribution < 1.29 is 14.4 Å². The second-order valence-corrected chi connectivity index (χ2v) is 5.23. The maximum Gasteiger partial charge on any atom is 0.262 e. The Morgan fingerprint density at radius 1 is 1.19 bits per heavy atom. The molecule has 1 aromatic heterocycles. The number of ether oxygens (including phenoxy) is 1. The third kappa shape index (κ3) is 2.75. The van der Waals surface area contributed by atoms with E-state index in [9.17, 15) is 5.11 Å². The molecule has 0 saturated heterocycles. The molecule has 0 atom stereocenters. The Morgan fingerprint density at radius 3 is 2.81 bits per heavy atom. The molecule has 0 amide bonds. The highest BCUT2D eigenvalue weighted by Crippen LogP contribution is 2.32. The molecule has 2 aromatic carbocycles. The molecule has 6 heteroatoms. The second kappa shape index (κ2) is 5.57. The predicted octanol–water partition coefficient (Wildman–Crippen LogP) is 3.88. The highest BCUT2D eigenvalue weighted by atomic mass is 79.9. The maximum atomic E-state index is 9.92. The highest BCUT2D eigenvalue weighted by molar-refractivity contribution is 9.10. The normalized spacial score (nSPS) is 10.6. The van der Waals surface area contributed by atoms with E-state index in [0.29, 0.717) is 17.1 Å². The fourth-order valence-corrected chi connectivity index (χ4v) is 2.29. The van der Waals surface area contributed by atoms with E-state index >= 15 is 0 Å². The largest absolute Gasteiger partial charge is 0.507 e. The van der Waals surface area contributed by atoms with Crippen molar-refractivity contribution in [1.82, 2.24) is 10.1 Å². The first-order chi connectivity index (χ1) is 10.2. The van der Waals surface area contributed by atoms with Crippen molar-refractivity contribution in [3.8, 4) is 34.3 Å². The molecule has 3 aromatic rings. The fraction of sp³-hybridized carbons (Fsp3) is 0.0667. The molecule has 21 heavy (non-hydrogen) atoms. The van der Waals surface area contributed by atoms with Crippen molar-refractivity contribution in [2.75, 3.05) is 7.11 Å². The number of nitrogens with zero attached hydrogens (tertiary/aromatic N) is 2. The molecule has 0 fully saturated rings. The standard InChI is InChI=1S/C15H11BrN2O3/c1-20-11-5-6-13(19)12(8-11)15-17-14(18-21-15)9-3-2-4-10(16)7-9/h2-8,19H,1H3. The summed E-state index contributed by atoms with van der Waals surface area (Å²) in [5.74, 6) is 1.35. The Hall–Kier alpha value is -2.34. The molecule has 0 aliphatic rings. The summed E-state index contributed by atoms with van der Waals surface area (Å²) >= 11 is 3.40. The summed E-state index contributed by atoms with van der Waals surface area (Å²) in [6.07, 6.45) is 0. The molecule has 5 nitrogen and oxygen atoms in total. The van der Waals surface area contributed by atoms with Gasteiger partial charge in [0.25, 0.3) is 5.89 Å². The number of hydrogen-bond donors (Lipinski definition) is 1. The number of methoxy groups -OCH3 is 1. The molecular weight excluding hydrogens is 336 g/mol. The molecule has 0 aliphatic carbocycles. The molecule has 1 N–H and O–H groups in total. The number of hydrogen-bond acceptors (Lipinski definition) is 5. The van der Waals surface area contributed by atoms with Gasteiger partial charge >= 0.3 is 0 Å². The Morgan fingerprint density at radius 2 is 2.05 bits per heavy atom. The van der Waals surface area contributed by atoms with Crippen LogP contribution < -0.4 is 4.74 Å². The first-order valence-corrected chi connectivity index (χ1v) is 6.93. The summed E-state index contributed by atoms with van der Waals surface area (Å²) < 4.78 is 11.3. The summed E-state index contributed by atoms with van der Waals surface area (Å²) in [6, 6.07) is 12.4. The average molecular weight is 347 g/mol. The van der Waals surface area contributed by atoms with Crippen molar-refractivity contribution in [3.05, 3.63) is 46.9 Å². The van der Waals surface area contributed by atoms with Gasteiger partial charge in [-0.15, -0.1) is 0 Å². The van der Waals surface area contributed by atoms with E-state index in [2.05, 4.69) is 26.1 Å². The van der Waals surface area contributed by atoms with Crippen molar-refractivity contribution in [3.63, 3.8) is 0 Å². The maximum absolute atomic E-state index is 9.92. The Balaban J connectivity index is 2.02. The zero-order chi connectivity index (χ0) is 14.8. The quantitative estimate of drug-likeness (QED) is 0.779. The van der Waals surface area contributed by atoms with Crippen LogP contribution in [0.2, 0.25) is 0 Å². The van der Waals surface area contributed by atoms with Crippen LogP contribution in [-0.2, 0) is 0 Å². The summed E-state index contributed by atoms with van der Waals surface area (Å²) in [7, 11) is 1.55. The van der Waals surface area contributed by atoms with Crippen LogP contribution in [0, 0.1) is 0 Å². The molecule has 0 radical (unpaired) electrons. The van der Waals surface area contributed by atoms with Gasteiger partial charge in [-0.3, -0.25) is 0 Å². The zero-order valence-electron chi connectivity index (χ0n) is 11.1. The third-order valence-electron chi connectivity index (χ3n) is 2.94. The molecule has 0 spiro atoms. The summed E-state index contributed by atoms with van der Waals surface area (Å²) in [6.45, 7) is 0. The van der Waals surface area contributed by atoms with Gasteiger partial charge in [-0.05, 0) is 30.3 Å². The van der Waals surface area contributed by atoms with Crippen molar-refractivity contribution in [2.24, 2.45) is 0 Å². The van der Waals surface area contributed by atoms with Crippen LogP contribution in [-0.4, -0.2) is 22.4 Å². The molecule has 106 valence electrons. The lowest BCUT2D eigenvalue weighted by Crippen LogP contribution is -1.85. The Bertz CT molecular complexity index is 786. The lowest BCUT2D eigenvalue weighted by atomic mass is 10.2. The average Bonchev–Trinajstić information content (AvgIpc) is 2.97. The van der Waals surface area contributed by atoms with E-state index in [1.54, 1.807) is 19.2 Å². The third-order valence-corrected chi connectivity index (χ3v) is 3.44. The van der Waals surface area contributed by atoms with Crippen LogP contribution >= 0.6 is 15.9 Å². The number of aromatic nitrogens is 2. The van der Waals surface area contributed by atoms with Gasteiger partial charge in [-0.1, -0.05) is 33.2 Å². The van der Waals surface area contributed by atoms with Crippen LogP contribution in [0.5, 0.6) is 11.5 Å². The van der Waals surface area contributed by atoms with Gasteiger partial charge in [0.1, 0.15) is 11.5 Å². The summed E-state index contributed by atoms with van der Waals surface area (Å²) in [5.41, 5.74) is 1.25. The topological polar surface area (TPSA) is 68.4 Å². The number of rotatable bonds is 3. The second-order valence-electron chi connectivity index (χ2n) is 4.32. The molecular formula is C15H11BrN2O3. The van der Waals surface area contributed by atoms with Gasteiger partial charge in [0.2, 0.25) is 5.82 Å². The zero-order valence-corrected chi connectivity index (χ0v) is 12.7. The van der Waals surface area contributed by atoms with Gasteiger partial charge in [-0.25, -0.2) is 0 Å². The first kappa shape index (κ1) is 13.6. The van der Waals surface area contributed by atoms with Gasteiger partial charge in [0.15, 0.2) is 0 Å². The van der Waals surface area contributed by atoms with Crippen LogP contribution in [0.3, 0.4) is 0 Å². The fourth-order valence-electron chi connectivity index (χ4n) is 1.89. The predicted molar refractivity (Wildman–Crippen MR) is 81.1 cm³/mol. The minimum absolute atomic E-state index is 0.0558. The van der Waals surface area contributed by atoms with E-state index in [1.807, 2.05) is 24.3 Å². The van der Waals surface area contributed by atoms with Gasteiger partial charge < -0.3 is 14.4 Å². The smallest absolute Gasteiger partial charge is 0.262 e. The van der Waals surface area contributed by atoms with E-state index in [-0.39, 0.29) is 11.6 Å². The molecule has 0 aliphatic heterocycles. The van der Waals surface area contributed by atoms with E-state index < -0.39 is 0 Å². The van der Waals surface area contributed by atoms with Crippen LogP contribution in [0.1, 0.15) is 0 Å². The van der Waals surface area contributed by atoms with Crippen molar-refractivity contribution in [1.29, 1.82) is 0 Å². The lowest BCUT2D eigenvalue weighted by molar-refractivity contribution is 0.408. The monoisotopic (exact) mass is 346 g/mol. The van der Waals surface area contributed by atoms with E-state index in [0.717, 1.165) is 10.0 Å². The van der Waals surface area contributed by atoms with Gasteiger partial charge in [0.05, 0.1) is 12.7 Å². The van der Waals surface area contributed by atoms with Crippen LogP contribution in [0.4, 0.5) is 0 Å². The van der Waals surface area contributed by atoms with E-state index in [1.165, 1.54) is 6.07 Å². The number of phenols is 1. The van der Waals surface area contributed by atoms with Gasteiger partial charge in [-0.2, -0.15) is 4.98 Å². The Kier molecular flexibility index (Phi) is 3.62. The number of benzene rings is 2. The van der Waals surface area contributed by atoms with Crippen molar-refractivity contribution in [2.45, 2.75) is 0 Å². The number of aromatic hydroxyl groups is 1. The molecule has 0 saturated carbocycles. The molecule has 0 unspecified atom stereocenters. The minimum atomic E-state index is 0.0558. The molecule has 1 heterocycles. The highest BCUT2D eigenvalue weighted by Gasteiger charge is 2.15. The van der Waals surface area contributed by atoms with Crippen LogP contribution in [0.15, 0.2) is 51.5 Å². The van der Waals surface area contributed by atoms with Crippen molar-refractivity contribution >= 4 is 15.9 Å². The summed E-state index contributed by atoms with van der Waals surface area (Å²) in [5, 5.41) is 13.9. The molecule has 0 bridgehead atoms. The number of phenolic OH excluding ortho intramolecular Hbond substituents is 1. The SMILES string of the molecule is COc1ccc(O)c(-c2nc(-c3cccc(Br)c3)no2)c1.